The lowest BCUT2D eigenvalue weighted by atomic mass is 9.82. The van der Waals surface area contributed by atoms with E-state index in [0.717, 1.165) is 12.8 Å². The molecule has 0 saturated carbocycles. The van der Waals surface area contributed by atoms with Crippen molar-refractivity contribution in [1.82, 2.24) is 0 Å². The van der Waals surface area contributed by atoms with Crippen LogP contribution in [0.25, 0.3) is 0 Å². The van der Waals surface area contributed by atoms with Crippen molar-refractivity contribution in [3.05, 3.63) is 0 Å². The number of hydrogen-bond donors (Lipinski definition) is 0. The Bertz CT molecular complexity index is 207. The third kappa shape index (κ3) is 5.73. The van der Waals surface area contributed by atoms with Crippen LogP contribution in [-0.4, -0.2) is 18.9 Å². The van der Waals surface area contributed by atoms with Crippen LogP contribution in [-0.2, 0) is 14.3 Å². The van der Waals surface area contributed by atoms with Gasteiger partial charge >= 0.3 is 5.97 Å². The Hall–Kier alpha value is -0.860. The topological polar surface area (TPSA) is 43.4 Å². The Kier molecular flexibility index (Phi) is 5.43. The molecular weight excluding hydrogens is 180 g/mol. The van der Waals surface area contributed by atoms with Crippen molar-refractivity contribution in [2.75, 3.05) is 7.11 Å². The quantitative estimate of drug-likeness (QED) is 0.488. The van der Waals surface area contributed by atoms with E-state index in [-0.39, 0.29) is 17.6 Å². The van der Waals surface area contributed by atoms with Crippen molar-refractivity contribution in [2.24, 2.45) is 5.41 Å². The van der Waals surface area contributed by atoms with E-state index in [1.807, 2.05) is 13.8 Å². The molecule has 3 nitrogen and oxygen atoms in total. The molecule has 0 aromatic heterocycles. The summed E-state index contributed by atoms with van der Waals surface area (Å²) >= 11 is 0. The smallest absolute Gasteiger partial charge is 0.313 e. The van der Waals surface area contributed by atoms with Gasteiger partial charge < -0.3 is 4.74 Å². The van der Waals surface area contributed by atoms with Crippen molar-refractivity contribution in [2.45, 2.75) is 46.5 Å². The first kappa shape index (κ1) is 13.1. The average Bonchev–Trinajstić information content (AvgIpc) is 2.02. The molecule has 0 amide bonds. The average molecular weight is 200 g/mol. The molecule has 0 unspecified atom stereocenters. The third-order valence-corrected chi connectivity index (χ3v) is 2.17. The van der Waals surface area contributed by atoms with Crippen LogP contribution in [0.4, 0.5) is 0 Å². The van der Waals surface area contributed by atoms with Crippen LogP contribution in [0.15, 0.2) is 0 Å². The molecule has 0 aromatic carbocycles. The number of esters is 1. The minimum absolute atomic E-state index is 0.000144. The Balaban J connectivity index is 3.98. The molecule has 0 saturated heterocycles. The SMILES string of the molecule is CCCC(C)(C)CC(=O)CC(=O)OC. The zero-order valence-electron chi connectivity index (χ0n) is 9.55. The summed E-state index contributed by atoms with van der Waals surface area (Å²) in [6, 6.07) is 0. The first-order valence-corrected chi connectivity index (χ1v) is 5.00. The molecule has 0 fully saturated rings. The maximum Gasteiger partial charge on any atom is 0.313 e. The van der Waals surface area contributed by atoms with Crippen molar-refractivity contribution in [3.63, 3.8) is 0 Å². The van der Waals surface area contributed by atoms with Gasteiger partial charge in [-0.2, -0.15) is 0 Å². The van der Waals surface area contributed by atoms with E-state index in [4.69, 9.17) is 0 Å². The minimum atomic E-state index is -0.442. The van der Waals surface area contributed by atoms with E-state index in [1.165, 1.54) is 7.11 Å². The fourth-order valence-corrected chi connectivity index (χ4v) is 1.59. The van der Waals surface area contributed by atoms with Gasteiger partial charge in [-0.15, -0.1) is 0 Å². The van der Waals surface area contributed by atoms with Gasteiger partial charge in [0, 0.05) is 6.42 Å². The number of methoxy groups -OCH3 is 1. The van der Waals surface area contributed by atoms with Crippen LogP contribution in [0.2, 0.25) is 0 Å². The van der Waals surface area contributed by atoms with Crippen molar-refractivity contribution >= 4 is 11.8 Å². The predicted molar refractivity (Wildman–Crippen MR) is 54.9 cm³/mol. The van der Waals surface area contributed by atoms with E-state index < -0.39 is 5.97 Å². The lowest BCUT2D eigenvalue weighted by Gasteiger charge is -2.22. The maximum atomic E-state index is 11.4. The molecule has 0 heterocycles. The highest BCUT2D eigenvalue weighted by Gasteiger charge is 2.22. The van der Waals surface area contributed by atoms with E-state index in [1.54, 1.807) is 0 Å². The zero-order valence-corrected chi connectivity index (χ0v) is 9.55. The maximum absolute atomic E-state index is 11.4. The number of ketones is 1. The molecule has 0 aliphatic heterocycles. The molecule has 0 N–H and O–H groups in total. The summed E-state index contributed by atoms with van der Waals surface area (Å²) in [6.07, 6.45) is 2.41. The number of carbonyl (C=O) groups is 2. The van der Waals surface area contributed by atoms with Gasteiger partial charge in [0.25, 0.3) is 0 Å². The number of ether oxygens (including phenoxy) is 1. The van der Waals surface area contributed by atoms with Gasteiger partial charge in [0.2, 0.25) is 0 Å². The van der Waals surface area contributed by atoms with Gasteiger partial charge in [-0.3, -0.25) is 9.59 Å². The fourth-order valence-electron chi connectivity index (χ4n) is 1.59. The molecule has 0 bridgehead atoms. The largest absolute Gasteiger partial charge is 0.469 e. The molecule has 3 heteroatoms. The van der Waals surface area contributed by atoms with E-state index in [0.29, 0.717) is 6.42 Å². The summed E-state index contributed by atoms with van der Waals surface area (Å²) in [4.78, 5) is 22.2. The van der Waals surface area contributed by atoms with Gasteiger partial charge in [-0.25, -0.2) is 0 Å². The summed E-state index contributed by atoms with van der Waals surface area (Å²) in [6.45, 7) is 6.18. The Morgan fingerprint density at radius 2 is 1.86 bits per heavy atom. The van der Waals surface area contributed by atoms with Crippen LogP contribution in [0.3, 0.4) is 0 Å². The molecule has 0 rings (SSSR count). The molecule has 0 aromatic rings. The lowest BCUT2D eigenvalue weighted by Crippen LogP contribution is -2.19. The molecule has 0 spiro atoms. The van der Waals surface area contributed by atoms with Gasteiger partial charge in [-0.1, -0.05) is 27.2 Å². The van der Waals surface area contributed by atoms with E-state index >= 15 is 0 Å². The highest BCUT2D eigenvalue weighted by molar-refractivity contribution is 5.95. The normalized spacial score (nSPS) is 11.1. The molecule has 0 aliphatic carbocycles. The molecule has 0 atom stereocenters. The van der Waals surface area contributed by atoms with Crippen molar-refractivity contribution < 1.29 is 14.3 Å². The Labute approximate surface area is 85.8 Å². The van der Waals surface area contributed by atoms with E-state index in [2.05, 4.69) is 11.7 Å². The van der Waals surface area contributed by atoms with Crippen LogP contribution < -0.4 is 0 Å². The molecule has 82 valence electrons. The highest BCUT2D eigenvalue weighted by atomic mass is 16.5. The molecule has 0 radical (unpaired) electrons. The summed E-state index contributed by atoms with van der Waals surface area (Å²) in [5.74, 6) is -0.474. The number of carbonyl (C=O) groups excluding carboxylic acids is 2. The predicted octanol–water partition coefficient (Wildman–Crippen LogP) is 2.33. The highest BCUT2D eigenvalue weighted by Crippen LogP contribution is 2.27. The number of hydrogen-bond acceptors (Lipinski definition) is 3. The minimum Gasteiger partial charge on any atom is -0.469 e. The lowest BCUT2D eigenvalue weighted by molar-refractivity contribution is -0.143. The fraction of sp³-hybridized carbons (Fsp3) is 0.818. The Morgan fingerprint density at radius 1 is 1.29 bits per heavy atom. The first-order valence-electron chi connectivity index (χ1n) is 5.00. The van der Waals surface area contributed by atoms with Gasteiger partial charge in [0.1, 0.15) is 12.2 Å². The van der Waals surface area contributed by atoms with Gasteiger partial charge in [0.05, 0.1) is 7.11 Å². The first-order chi connectivity index (χ1) is 6.41. The van der Waals surface area contributed by atoms with Gasteiger partial charge in [0.15, 0.2) is 0 Å². The van der Waals surface area contributed by atoms with Gasteiger partial charge in [-0.05, 0) is 11.8 Å². The standard InChI is InChI=1S/C11H20O3/c1-5-6-11(2,3)8-9(12)7-10(13)14-4/h5-8H2,1-4H3. The van der Waals surface area contributed by atoms with E-state index in [9.17, 15) is 9.59 Å². The van der Waals surface area contributed by atoms with Crippen molar-refractivity contribution in [3.8, 4) is 0 Å². The second kappa shape index (κ2) is 5.78. The second-order valence-electron chi connectivity index (χ2n) is 4.38. The molecule has 14 heavy (non-hydrogen) atoms. The van der Waals surface area contributed by atoms with Crippen LogP contribution in [0.5, 0.6) is 0 Å². The van der Waals surface area contributed by atoms with Crippen molar-refractivity contribution in [1.29, 1.82) is 0 Å². The van der Waals surface area contributed by atoms with Crippen LogP contribution >= 0.6 is 0 Å². The van der Waals surface area contributed by atoms with Crippen LogP contribution in [0, 0.1) is 5.41 Å². The molecular formula is C11H20O3. The third-order valence-electron chi connectivity index (χ3n) is 2.17. The summed E-state index contributed by atoms with van der Waals surface area (Å²) in [7, 11) is 1.30. The number of rotatable bonds is 6. The summed E-state index contributed by atoms with van der Waals surface area (Å²) < 4.78 is 4.44. The zero-order chi connectivity index (χ0) is 11.2. The summed E-state index contributed by atoms with van der Waals surface area (Å²) in [5.41, 5.74) is -0.000144. The number of Topliss-reactive ketones (excluding diaryl/α,β-unsaturated/α-hetero) is 1. The summed E-state index contributed by atoms with van der Waals surface area (Å²) in [5, 5.41) is 0. The monoisotopic (exact) mass is 200 g/mol. The molecule has 0 aliphatic rings. The Morgan fingerprint density at radius 3 is 2.29 bits per heavy atom. The second-order valence-corrected chi connectivity index (χ2v) is 4.38. The van der Waals surface area contributed by atoms with Crippen LogP contribution in [0.1, 0.15) is 46.5 Å².